The van der Waals surface area contributed by atoms with Gasteiger partial charge < -0.3 is 24.2 Å². The standard InChI is InChI=1S/C21H24N6O2/c1-28-15-6-4-14(5-7-15)24-21-25-19-18(20(26-21)29-2)16(11-23-19)13-3-8-17-22-9-10-27(17)12-13/h3,8-12,14-15H,4-7H2,1-2H3,(H2,23,24,25,26)/t14-,15-. The van der Waals surface area contributed by atoms with Gasteiger partial charge in [0.1, 0.15) is 11.3 Å². The Morgan fingerprint density at radius 2 is 2.00 bits per heavy atom. The van der Waals surface area contributed by atoms with Gasteiger partial charge >= 0.3 is 0 Å². The number of aromatic nitrogens is 5. The number of ether oxygens (including phenoxy) is 2. The van der Waals surface area contributed by atoms with Crippen LogP contribution in [0, 0.1) is 0 Å². The summed E-state index contributed by atoms with van der Waals surface area (Å²) >= 11 is 0. The van der Waals surface area contributed by atoms with E-state index in [1.165, 1.54) is 0 Å². The molecule has 0 aromatic carbocycles. The molecule has 4 aromatic rings. The minimum absolute atomic E-state index is 0.349. The third-order valence-corrected chi connectivity index (χ3v) is 5.73. The van der Waals surface area contributed by atoms with Crippen LogP contribution in [0.1, 0.15) is 25.7 Å². The van der Waals surface area contributed by atoms with Crippen LogP contribution in [0.5, 0.6) is 5.88 Å². The highest BCUT2D eigenvalue weighted by atomic mass is 16.5. The molecular formula is C21H24N6O2. The first kappa shape index (κ1) is 17.9. The van der Waals surface area contributed by atoms with Crippen LogP contribution in [0.25, 0.3) is 27.8 Å². The summed E-state index contributed by atoms with van der Waals surface area (Å²) in [7, 11) is 3.43. The van der Waals surface area contributed by atoms with Crippen LogP contribution in [0.3, 0.4) is 0 Å². The minimum Gasteiger partial charge on any atom is -0.480 e. The Balaban J connectivity index is 1.47. The lowest BCUT2D eigenvalue weighted by atomic mass is 9.93. The smallest absolute Gasteiger partial charge is 0.228 e. The number of pyridine rings is 1. The van der Waals surface area contributed by atoms with Crippen molar-refractivity contribution in [3.8, 4) is 17.0 Å². The highest BCUT2D eigenvalue weighted by Gasteiger charge is 2.22. The monoisotopic (exact) mass is 392 g/mol. The molecule has 1 fully saturated rings. The van der Waals surface area contributed by atoms with Crippen LogP contribution in [0.15, 0.2) is 36.9 Å². The molecule has 29 heavy (non-hydrogen) atoms. The largest absolute Gasteiger partial charge is 0.480 e. The molecule has 4 heterocycles. The van der Waals surface area contributed by atoms with E-state index in [0.29, 0.717) is 24.0 Å². The summed E-state index contributed by atoms with van der Waals surface area (Å²) in [6.07, 6.45) is 12.3. The molecular weight excluding hydrogens is 368 g/mol. The van der Waals surface area contributed by atoms with Gasteiger partial charge in [0, 0.05) is 49.1 Å². The Labute approximate surface area is 168 Å². The van der Waals surface area contributed by atoms with Gasteiger partial charge in [0.15, 0.2) is 0 Å². The maximum absolute atomic E-state index is 5.63. The Morgan fingerprint density at radius 3 is 2.79 bits per heavy atom. The Kier molecular flexibility index (Phi) is 4.55. The summed E-state index contributed by atoms with van der Waals surface area (Å²) in [5, 5.41) is 4.35. The number of imidazole rings is 1. The summed E-state index contributed by atoms with van der Waals surface area (Å²) in [6.45, 7) is 0. The molecule has 0 unspecified atom stereocenters. The zero-order valence-electron chi connectivity index (χ0n) is 16.6. The predicted octanol–water partition coefficient (Wildman–Crippen LogP) is 3.65. The maximum Gasteiger partial charge on any atom is 0.228 e. The van der Waals surface area contributed by atoms with Gasteiger partial charge in [-0.2, -0.15) is 9.97 Å². The molecule has 8 nitrogen and oxygen atoms in total. The van der Waals surface area contributed by atoms with Crippen LogP contribution < -0.4 is 10.1 Å². The fourth-order valence-corrected chi connectivity index (χ4v) is 4.14. The lowest BCUT2D eigenvalue weighted by molar-refractivity contribution is 0.0681. The zero-order chi connectivity index (χ0) is 19.8. The van der Waals surface area contributed by atoms with Gasteiger partial charge in [0.05, 0.1) is 18.6 Å². The third-order valence-electron chi connectivity index (χ3n) is 5.73. The van der Waals surface area contributed by atoms with E-state index in [9.17, 15) is 0 Å². The van der Waals surface area contributed by atoms with Crippen molar-refractivity contribution in [1.82, 2.24) is 24.3 Å². The number of aromatic amines is 1. The number of hydrogen-bond donors (Lipinski definition) is 2. The fourth-order valence-electron chi connectivity index (χ4n) is 4.14. The van der Waals surface area contributed by atoms with Crippen LogP contribution >= 0.6 is 0 Å². The number of fused-ring (bicyclic) bond motifs is 2. The summed E-state index contributed by atoms with van der Waals surface area (Å²) in [5.74, 6) is 1.15. The Hall–Kier alpha value is -3.13. The summed E-state index contributed by atoms with van der Waals surface area (Å²) in [5.41, 5.74) is 3.71. The quantitative estimate of drug-likeness (QED) is 0.539. The first-order valence-corrected chi connectivity index (χ1v) is 9.90. The van der Waals surface area contributed by atoms with E-state index in [2.05, 4.69) is 20.3 Å². The fraction of sp³-hybridized carbons (Fsp3) is 0.381. The number of nitrogens with one attached hydrogen (secondary N) is 2. The van der Waals surface area contributed by atoms with Gasteiger partial charge in [-0.25, -0.2) is 4.98 Å². The van der Waals surface area contributed by atoms with Crippen molar-refractivity contribution in [3.63, 3.8) is 0 Å². The van der Waals surface area contributed by atoms with Crippen molar-refractivity contribution in [2.24, 2.45) is 0 Å². The van der Waals surface area contributed by atoms with Crippen molar-refractivity contribution < 1.29 is 9.47 Å². The molecule has 1 aliphatic rings. The van der Waals surface area contributed by atoms with Crippen molar-refractivity contribution >= 4 is 22.6 Å². The molecule has 0 spiro atoms. The molecule has 0 saturated heterocycles. The SMILES string of the molecule is COc1nc(N[C@H]2CC[C@H](OC)CC2)nc2[nH]cc(-c3ccc4nccn4c3)c12. The topological polar surface area (TPSA) is 89.4 Å². The van der Waals surface area contributed by atoms with Crippen molar-refractivity contribution in [1.29, 1.82) is 0 Å². The van der Waals surface area contributed by atoms with E-state index in [1.807, 2.05) is 35.1 Å². The maximum atomic E-state index is 5.63. The number of anilines is 1. The number of methoxy groups -OCH3 is 2. The van der Waals surface area contributed by atoms with E-state index in [0.717, 1.165) is 53.5 Å². The average Bonchev–Trinajstić information content (AvgIpc) is 3.40. The van der Waals surface area contributed by atoms with Gasteiger partial charge in [0.25, 0.3) is 0 Å². The van der Waals surface area contributed by atoms with Gasteiger partial charge in [0.2, 0.25) is 11.8 Å². The normalized spacial score (nSPS) is 19.7. The van der Waals surface area contributed by atoms with E-state index < -0.39 is 0 Å². The number of hydrogen-bond acceptors (Lipinski definition) is 6. The van der Waals surface area contributed by atoms with Gasteiger partial charge in [-0.15, -0.1) is 0 Å². The molecule has 1 saturated carbocycles. The third kappa shape index (κ3) is 3.29. The Bertz CT molecular complexity index is 1140. The second kappa shape index (κ2) is 7.36. The number of H-pyrrole nitrogens is 1. The summed E-state index contributed by atoms with van der Waals surface area (Å²) < 4.78 is 13.1. The average molecular weight is 392 g/mol. The van der Waals surface area contributed by atoms with Gasteiger partial charge in [-0.1, -0.05) is 0 Å². The second-order valence-corrected chi connectivity index (χ2v) is 7.45. The number of nitrogens with zero attached hydrogens (tertiary/aromatic N) is 4. The molecule has 0 bridgehead atoms. The first-order valence-electron chi connectivity index (χ1n) is 9.90. The molecule has 8 heteroatoms. The van der Waals surface area contributed by atoms with Crippen LogP contribution in [-0.4, -0.2) is 50.7 Å². The van der Waals surface area contributed by atoms with Crippen LogP contribution in [-0.2, 0) is 4.74 Å². The zero-order valence-corrected chi connectivity index (χ0v) is 16.6. The Morgan fingerprint density at radius 1 is 1.14 bits per heavy atom. The van der Waals surface area contributed by atoms with Crippen molar-refractivity contribution in [2.75, 3.05) is 19.5 Å². The van der Waals surface area contributed by atoms with E-state index in [-0.39, 0.29) is 0 Å². The molecule has 0 aliphatic heterocycles. The summed E-state index contributed by atoms with van der Waals surface area (Å²) in [6, 6.07) is 4.39. The molecule has 0 atom stereocenters. The summed E-state index contributed by atoms with van der Waals surface area (Å²) in [4.78, 5) is 16.9. The highest BCUT2D eigenvalue weighted by Crippen LogP contribution is 2.34. The van der Waals surface area contributed by atoms with Gasteiger partial charge in [-0.05, 0) is 37.8 Å². The molecule has 4 aromatic heterocycles. The lowest BCUT2D eigenvalue weighted by Crippen LogP contribution is -2.29. The number of rotatable bonds is 5. The first-order chi connectivity index (χ1) is 14.2. The molecule has 0 radical (unpaired) electrons. The van der Waals surface area contributed by atoms with Gasteiger partial charge in [-0.3, -0.25) is 0 Å². The molecule has 2 N–H and O–H groups in total. The lowest BCUT2D eigenvalue weighted by Gasteiger charge is -2.28. The van der Waals surface area contributed by atoms with Crippen molar-refractivity contribution in [2.45, 2.75) is 37.8 Å². The predicted molar refractivity (Wildman–Crippen MR) is 111 cm³/mol. The van der Waals surface area contributed by atoms with E-state index in [4.69, 9.17) is 14.5 Å². The van der Waals surface area contributed by atoms with Crippen LogP contribution in [0.2, 0.25) is 0 Å². The van der Waals surface area contributed by atoms with Crippen LogP contribution in [0.4, 0.5) is 5.95 Å². The molecule has 5 rings (SSSR count). The molecule has 150 valence electrons. The molecule has 1 aliphatic carbocycles. The van der Waals surface area contributed by atoms with E-state index >= 15 is 0 Å². The van der Waals surface area contributed by atoms with Crippen molar-refractivity contribution in [3.05, 3.63) is 36.9 Å². The van der Waals surface area contributed by atoms with E-state index in [1.54, 1.807) is 20.4 Å². The second-order valence-electron chi connectivity index (χ2n) is 7.45. The minimum atomic E-state index is 0.349. The highest BCUT2D eigenvalue weighted by molar-refractivity contribution is 5.97. The molecule has 0 amide bonds.